The molecule has 0 aliphatic carbocycles. The molecule has 1 N–H and O–H groups in total. The number of rotatable bonds is 6. The van der Waals surface area contributed by atoms with Crippen molar-refractivity contribution >= 4 is 29.0 Å². The summed E-state index contributed by atoms with van der Waals surface area (Å²) >= 11 is 5.88. The van der Waals surface area contributed by atoms with Gasteiger partial charge >= 0.3 is 5.97 Å². The number of anilines is 1. The van der Waals surface area contributed by atoms with Crippen molar-refractivity contribution in [2.45, 2.75) is 25.9 Å². The van der Waals surface area contributed by atoms with E-state index in [0.717, 1.165) is 39.8 Å². The fourth-order valence-corrected chi connectivity index (χ4v) is 5.43. The number of hydrogen-bond acceptors (Lipinski definition) is 5. The number of aryl methyl sites for hydroxylation is 1. The molecule has 188 valence electrons. The minimum absolute atomic E-state index is 0.168. The third kappa shape index (κ3) is 4.44. The average Bonchev–Trinajstić information content (AvgIpc) is 3.43. The van der Waals surface area contributed by atoms with Gasteiger partial charge in [-0.15, -0.1) is 0 Å². The van der Waals surface area contributed by atoms with E-state index in [2.05, 4.69) is 39.7 Å². The van der Waals surface area contributed by atoms with Gasteiger partial charge < -0.3 is 24.3 Å². The van der Waals surface area contributed by atoms with E-state index in [1.165, 1.54) is 7.11 Å². The molecule has 2 aromatic heterocycles. The Morgan fingerprint density at radius 2 is 1.76 bits per heavy atom. The lowest BCUT2D eigenvalue weighted by molar-refractivity contribution is 0.0600. The third-order valence-electron chi connectivity index (χ3n) is 6.74. The van der Waals surface area contributed by atoms with Crippen LogP contribution >= 0.6 is 12.2 Å². The second kappa shape index (κ2) is 10.1. The first-order valence-corrected chi connectivity index (χ1v) is 12.4. The molecule has 1 fully saturated rings. The second-order valence-corrected chi connectivity index (χ2v) is 9.29. The highest BCUT2D eigenvalue weighted by molar-refractivity contribution is 7.80. The summed E-state index contributed by atoms with van der Waals surface area (Å²) in [5.74, 6) is 0.389. The van der Waals surface area contributed by atoms with Crippen LogP contribution in [0.5, 0.6) is 5.75 Å². The molecule has 0 bridgehead atoms. The summed E-state index contributed by atoms with van der Waals surface area (Å²) in [6, 6.07) is 23.1. The van der Waals surface area contributed by atoms with Gasteiger partial charge in [0.15, 0.2) is 5.11 Å². The van der Waals surface area contributed by atoms with Crippen LogP contribution in [0.4, 0.5) is 5.69 Å². The molecule has 1 aliphatic heterocycles. The lowest BCUT2D eigenvalue weighted by atomic mass is 9.96. The first-order chi connectivity index (χ1) is 17.9. The van der Waals surface area contributed by atoms with Crippen LogP contribution in [0.15, 0.2) is 79.0 Å². The van der Waals surface area contributed by atoms with E-state index in [4.69, 9.17) is 21.7 Å². The normalized spacial score (nSPS) is 17.0. The number of methoxy groups -OCH3 is 2. The summed E-state index contributed by atoms with van der Waals surface area (Å²) in [7, 11) is 3.05. The Kier molecular flexibility index (Phi) is 6.67. The Hall–Kier alpha value is -4.17. The minimum Gasteiger partial charge on any atom is -0.497 e. The predicted octanol–water partition coefficient (Wildman–Crippen LogP) is 5.46. The van der Waals surface area contributed by atoms with Gasteiger partial charge in [0.2, 0.25) is 0 Å². The molecular formula is C29H28N4O3S. The van der Waals surface area contributed by atoms with Gasteiger partial charge in [-0.1, -0.05) is 18.2 Å². The average molecular weight is 513 g/mol. The summed E-state index contributed by atoms with van der Waals surface area (Å²) in [6.07, 6.45) is 1.80. The fourth-order valence-electron chi connectivity index (χ4n) is 5.08. The maximum atomic E-state index is 12.2. The van der Waals surface area contributed by atoms with Crippen LogP contribution < -0.4 is 15.0 Å². The summed E-state index contributed by atoms with van der Waals surface area (Å²) in [5.41, 5.74) is 6.41. The van der Waals surface area contributed by atoms with Crippen molar-refractivity contribution in [2.75, 3.05) is 19.1 Å². The Balaban J connectivity index is 1.67. The molecule has 0 amide bonds. The summed E-state index contributed by atoms with van der Waals surface area (Å²) in [4.78, 5) is 19.0. The standard InChI is InChI=1S/C29H28N4O3S/c1-18-15-24(19(2)32(18)21-10-7-9-20(16-21)28(34)36-4)27-26(25-13-5-6-14-30-25)31-29(37)33(27)22-11-8-12-23(17-22)35-3/h5-17,26-27H,1-4H3,(H,31,37)/t26-,27+/m0/s1. The van der Waals surface area contributed by atoms with Crippen molar-refractivity contribution in [3.8, 4) is 11.4 Å². The third-order valence-corrected chi connectivity index (χ3v) is 7.06. The Bertz CT molecular complexity index is 1470. The molecule has 1 aliphatic rings. The van der Waals surface area contributed by atoms with Crippen molar-refractivity contribution in [3.63, 3.8) is 0 Å². The minimum atomic E-state index is -0.366. The van der Waals surface area contributed by atoms with Crippen LogP contribution in [0, 0.1) is 13.8 Å². The van der Waals surface area contributed by atoms with E-state index in [9.17, 15) is 4.79 Å². The molecule has 5 rings (SSSR count). The van der Waals surface area contributed by atoms with Crippen molar-refractivity contribution in [3.05, 3.63) is 107 Å². The quantitative estimate of drug-likeness (QED) is 0.272. The van der Waals surface area contributed by atoms with Crippen LogP contribution in [0.2, 0.25) is 0 Å². The van der Waals surface area contributed by atoms with E-state index in [-0.39, 0.29) is 18.1 Å². The molecular weight excluding hydrogens is 484 g/mol. The zero-order valence-corrected chi connectivity index (χ0v) is 22.0. The number of aromatic nitrogens is 2. The van der Waals surface area contributed by atoms with Gasteiger partial charge in [0.25, 0.3) is 0 Å². The number of carbonyl (C=O) groups excluding carboxylic acids is 1. The molecule has 4 aromatic rings. The number of pyridine rings is 1. The number of nitrogens with zero attached hydrogens (tertiary/aromatic N) is 3. The maximum Gasteiger partial charge on any atom is 0.337 e. The number of carbonyl (C=O) groups is 1. The molecule has 2 aromatic carbocycles. The monoisotopic (exact) mass is 512 g/mol. The number of ether oxygens (including phenoxy) is 2. The number of nitrogens with one attached hydrogen (secondary N) is 1. The fraction of sp³-hybridized carbons (Fsp3) is 0.207. The smallest absolute Gasteiger partial charge is 0.337 e. The number of thiocarbonyl (C=S) groups is 1. The lowest BCUT2D eigenvalue weighted by Crippen LogP contribution is -2.29. The summed E-state index contributed by atoms with van der Waals surface area (Å²) in [6.45, 7) is 4.15. The van der Waals surface area contributed by atoms with Crippen LogP contribution in [0.3, 0.4) is 0 Å². The molecule has 0 saturated carbocycles. The van der Waals surface area contributed by atoms with Crippen LogP contribution in [-0.4, -0.2) is 34.9 Å². The highest BCUT2D eigenvalue weighted by Gasteiger charge is 2.42. The Labute approximate surface area is 221 Å². The van der Waals surface area contributed by atoms with Crippen LogP contribution in [-0.2, 0) is 4.74 Å². The van der Waals surface area contributed by atoms with Crippen molar-refractivity contribution in [2.24, 2.45) is 0 Å². The molecule has 0 radical (unpaired) electrons. The highest BCUT2D eigenvalue weighted by Crippen LogP contribution is 2.44. The van der Waals surface area contributed by atoms with Gasteiger partial charge in [0.05, 0.1) is 37.6 Å². The number of hydrogen-bond donors (Lipinski definition) is 1. The molecule has 8 heteroatoms. The largest absolute Gasteiger partial charge is 0.497 e. The second-order valence-electron chi connectivity index (χ2n) is 8.90. The van der Waals surface area contributed by atoms with Gasteiger partial charge in [0.1, 0.15) is 5.75 Å². The topological polar surface area (TPSA) is 68.6 Å². The van der Waals surface area contributed by atoms with Crippen molar-refractivity contribution in [1.29, 1.82) is 0 Å². The molecule has 1 saturated heterocycles. The molecule has 7 nitrogen and oxygen atoms in total. The van der Waals surface area contributed by atoms with Crippen molar-refractivity contribution < 1.29 is 14.3 Å². The number of benzene rings is 2. The zero-order chi connectivity index (χ0) is 26.1. The van der Waals surface area contributed by atoms with E-state index in [1.807, 2.05) is 60.7 Å². The van der Waals surface area contributed by atoms with Crippen molar-refractivity contribution in [1.82, 2.24) is 14.9 Å². The van der Waals surface area contributed by atoms with Gasteiger partial charge in [0, 0.05) is 35.0 Å². The first-order valence-electron chi connectivity index (χ1n) is 11.9. The molecule has 37 heavy (non-hydrogen) atoms. The van der Waals surface area contributed by atoms with Gasteiger partial charge in [-0.3, -0.25) is 4.98 Å². The predicted molar refractivity (Wildman–Crippen MR) is 148 cm³/mol. The zero-order valence-electron chi connectivity index (χ0n) is 21.1. The van der Waals surface area contributed by atoms with E-state index >= 15 is 0 Å². The van der Waals surface area contributed by atoms with Crippen LogP contribution in [0.1, 0.15) is 45.1 Å². The summed E-state index contributed by atoms with van der Waals surface area (Å²) in [5, 5.41) is 4.13. The first kappa shape index (κ1) is 24.5. The Morgan fingerprint density at radius 3 is 2.49 bits per heavy atom. The van der Waals surface area contributed by atoms with E-state index in [0.29, 0.717) is 10.7 Å². The Morgan fingerprint density at radius 1 is 0.973 bits per heavy atom. The van der Waals surface area contributed by atoms with E-state index < -0.39 is 0 Å². The van der Waals surface area contributed by atoms with Crippen LogP contribution in [0.25, 0.3) is 5.69 Å². The maximum absolute atomic E-state index is 12.2. The van der Waals surface area contributed by atoms with Gasteiger partial charge in [-0.2, -0.15) is 0 Å². The number of esters is 1. The van der Waals surface area contributed by atoms with Gasteiger partial charge in [-0.05, 0) is 80.2 Å². The molecule has 0 spiro atoms. The molecule has 2 atom stereocenters. The van der Waals surface area contributed by atoms with E-state index in [1.54, 1.807) is 19.4 Å². The molecule has 3 heterocycles. The highest BCUT2D eigenvalue weighted by atomic mass is 32.1. The SMILES string of the molecule is COC(=O)c1cccc(-n2c(C)cc([C@@H]3[C@H](c4ccccn4)NC(=S)N3c3cccc(OC)c3)c2C)c1. The molecule has 0 unspecified atom stereocenters. The summed E-state index contributed by atoms with van der Waals surface area (Å²) < 4.78 is 12.6. The van der Waals surface area contributed by atoms with Gasteiger partial charge in [-0.25, -0.2) is 4.79 Å². The lowest BCUT2D eigenvalue weighted by Gasteiger charge is -2.28.